The van der Waals surface area contributed by atoms with Gasteiger partial charge in [-0.2, -0.15) is 0 Å². The third-order valence-electron chi connectivity index (χ3n) is 6.65. The summed E-state index contributed by atoms with van der Waals surface area (Å²) < 4.78 is 10.7. The van der Waals surface area contributed by atoms with Gasteiger partial charge in [0.15, 0.2) is 0 Å². The number of carbonyl (C=O) groups is 3. The van der Waals surface area contributed by atoms with Gasteiger partial charge in [-0.15, -0.1) is 0 Å². The predicted molar refractivity (Wildman–Crippen MR) is 139 cm³/mol. The minimum Gasteiger partial charge on any atom is -0.466 e. The van der Waals surface area contributed by atoms with E-state index in [-0.39, 0.29) is 23.4 Å². The zero-order valence-electron chi connectivity index (χ0n) is 22.4. The van der Waals surface area contributed by atoms with Crippen molar-refractivity contribution in [3.63, 3.8) is 0 Å². The van der Waals surface area contributed by atoms with E-state index in [2.05, 4.69) is 0 Å². The van der Waals surface area contributed by atoms with Crippen LogP contribution in [0.3, 0.4) is 0 Å². The number of nitro groups is 2. The standard InChI is InChI=1S/C27H31N3O9/c1-6-38-23(31)22(17(2)30(36)37)27(20(16-28(34)35)18-12-8-7-9-13-18)19-14-10-11-15-21(19)29(24(27)32)25(33)39-26(3,4)5/h7-15,17,20,22H,6,16H2,1-5H3/t17-,20-,22+,27+/m0/s1. The molecular formula is C27H31N3O9. The Morgan fingerprint density at radius 1 is 1.03 bits per heavy atom. The molecule has 0 spiro atoms. The van der Waals surface area contributed by atoms with Gasteiger partial charge in [-0.05, 0) is 44.9 Å². The van der Waals surface area contributed by atoms with Crippen LogP contribution in [0.5, 0.6) is 0 Å². The monoisotopic (exact) mass is 541 g/mol. The van der Waals surface area contributed by atoms with Crippen LogP contribution >= 0.6 is 0 Å². The van der Waals surface area contributed by atoms with Crippen LogP contribution in [0.2, 0.25) is 0 Å². The number of rotatable bonds is 9. The van der Waals surface area contributed by atoms with Crippen molar-refractivity contribution < 1.29 is 33.7 Å². The summed E-state index contributed by atoms with van der Waals surface area (Å²) in [6.07, 6.45) is -1.08. The Morgan fingerprint density at radius 3 is 2.15 bits per heavy atom. The molecule has 2 amide bonds. The molecule has 0 bridgehead atoms. The first kappa shape index (κ1) is 29.2. The summed E-state index contributed by atoms with van der Waals surface area (Å²) in [5.74, 6) is -5.36. The predicted octanol–water partition coefficient (Wildman–Crippen LogP) is 4.11. The van der Waals surface area contributed by atoms with E-state index < -0.39 is 63.3 Å². The van der Waals surface area contributed by atoms with Crippen LogP contribution in [-0.4, -0.2) is 52.6 Å². The first-order valence-corrected chi connectivity index (χ1v) is 12.4. The van der Waals surface area contributed by atoms with Crippen molar-refractivity contribution in [1.82, 2.24) is 0 Å². The molecule has 0 N–H and O–H groups in total. The van der Waals surface area contributed by atoms with Gasteiger partial charge >= 0.3 is 12.1 Å². The molecule has 1 heterocycles. The topological polar surface area (TPSA) is 159 Å². The van der Waals surface area contributed by atoms with Gasteiger partial charge in [0.2, 0.25) is 18.5 Å². The first-order chi connectivity index (χ1) is 18.3. The van der Waals surface area contributed by atoms with Crippen LogP contribution in [0, 0.1) is 26.1 Å². The molecule has 0 saturated carbocycles. The molecule has 3 rings (SSSR count). The van der Waals surface area contributed by atoms with Crippen LogP contribution in [0.15, 0.2) is 54.6 Å². The fourth-order valence-electron chi connectivity index (χ4n) is 5.23. The molecule has 0 fully saturated rings. The lowest BCUT2D eigenvalue weighted by Crippen LogP contribution is -2.59. The van der Waals surface area contributed by atoms with E-state index >= 15 is 0 Å². The van der Waals surface area contributed by atoms with Crippen LogP contribution in [0.25, 0.3) is 0 Å². The smallest absolute Gasteiger partial charge is 0.421 e. The highest BCUT2D eigenvalue weighted by molar-refractivity contribution is 6.22. The summed E-state index contributed by atoms with van der Waals surface area (Å²) in [5.41, 5.74) is -2.92. The summed E-state index contributed by atoms with van der Waals surface area (Å²) in [4.78, 5) is 65.3. The number of para-hydroxylation sites is 1. The Kier molecular flexibility index (Phi) is 8.37. The summed E-state index contributed by atoms with van der Waals surface area (Å²) >= 11 is 0. The largest absolute Gasteiger partial charge is 0.466 e. The van der Waals surface area contributed by atoms with Crippen molar-refractivity contribution in [2.24, 2.45) is 5.92 Å². The molecule has 1 aliphatic heterocycles. The molecular weight excluding hydrogens is 510 g/mol. The van der Waals surface area contributed by atoms with Crippen molar-refractivity contribution in [1.29, 1.82) is 0 Å². The van der Waals surface area contributed by atoms with Gasteiger partial charge < -0.3 is 9.47 Å². The minimum absolute atomic E-state index is 0.0193. The molecule has 2 aromatic rings. The Bertz CT molecular complexity index is 1270. The normalized spacial score (nSPS) is 19.0. The number of ether oxygens (including phenoxy) is 2. The lowest BCUT2D eigenvalue weighted by molar-refractivity contribution is -0.528. The number of esters is 1. The lowest BCUT2D eigenvalue weighted by atomic mass is 9.59. The SMILES string of the molecule is CCOC(=O)[C@@H]([C@H](C)[N+](=O)[O-])[C@@]1([C@@H](C[N+](=O)[O-])c2ccccc2)C(=O)N(C(=O)OC(C)(C)C)c2ccccc21. The maximum atomic E-state index is 14.7. The second-order valence-corrected chi connectivity index (χ2v) is 10.2. The number of benzene rings is 2. The average molecular weight is 542 g/mol. The van der Waals surface area contributed by atoms with Crippen LogP contribution in [-0.2, 0) is 24.5 Å². The molecule has 0 aliphatic carbocycles. The quantitative estimate of drug-likeness (QED) is 0.258. The number of fused-ring (bicyclic) bond motifs is 1. The molecule has 1 aliphatic rings. The van der Waals surface area contributed by atoms with Crippen molar-refractivity contribution in [3.8, 4) is 0 Å². The number of hydrogen-bond donors (Lipinski definition) is 0. The fraction of sp³-hybridized carbons (Fsp3) is 0.444. The second-order valence-electron chi connectivity index (χ2n) is 10.2. The van der Waals surface area contributed by atoms with E-state index in [1.165, 1.54) is 25.1 Å². The summed E-state index contributed by atoms with van der Waals surface area (Å²) in [6.45, 7) is 6.41. The molecule has 39 heavy (non-hydrogen) atoms. The van der Waals surface area contributed by atoms with Crippen LogP contribution < -0.4 is 4.90 Å². The van der Waals surface area contributed by atoms with Crippen molar-refractivity contribution in [3.05, 3.63) is 86.0 Å². The maximum Gasteiger partial charge on any atom is 0.421 e. The summed E-state index contributed by atoms with van der Waals surface area (Å²) in [6, 6.07) is 12.2. The van der Waals surface area contributed by atoms with Gasteiger partial charge in [-0.3, -0.25) is 29.8 Å². The van der Waals surface area contributed by atoms with Gasteiger partial charge in [0.25, 0.3) is 0 Å². The molecule has 0 radical (unpaired) electrons. The fourth-order valence-corrected chi connectivity index (χ4v) is 5.23. The zero-order chi connectivity index (χ0) is 29.1. The van der Waals surface area contributed by atoms with Gasteiger partial charge in [-0.1, -0.05) is 48.5 Å². The molecule has 4 atom stereocenters. The second kappa shape index (κ2) is 11.2. The number of hydrogen-bond acceptors (Lipinski definition) is 9. The summed E-state index contributed by atoms with van der Waals surface area (Å²) in [5, 5.41) is 24.3. The van der Waals surface area contributed by atoms with Crippen molar-refractivity contribution in [2.75, 3.05) is 18.1 Å². The number of amides is 2. The third kappa shape index (κ3) is 5.45. The highest BCUT2D eigenvalue weighted by atomic mass is 16.6. The minimum atomic E-state index is -2.26. The number of imide groups is 1. The first-order valence-electron chi connectivity index (χ1n) is 12.4. The number of carbonyl (C=O) groups excluding carboxylic acids is 3. The molecule has 0 aromatic heterocycles. The van der Waals surface area contributed by atoms with E-state index in [1.54, 1.807) is 57.2 Å². The van der Waals surface area contributed by atoms with E-state index in [0.29, 0.717) is 0 Å². The Balaban J connectivity index is 2.49. The molecule has 2 aromatic carbocycles. The van der Waals surface area contributed by atoms with Crippen LogP contribution in [0.4, 0.5) is 10.5 Å². The molecule has 12 heteroatoms. The van der Waals surface area contributed by atoms with Crippen molar-refractivity contribution in [2.45, 2.75) is 57.6 Å². The van der Waals surface area contributed by atoms with E-state index in [4.69, 9.17) is 9.47 Å². The molecule has 0 unspecified atom stereocenters. The highest BCUT2D eigenvalue weighted by Gasteiger charge is 2.68. The van der Waals surface area contributed by atoms with Gasteiger partial charge in [-0.25, -0.2) is 9.69 Å². The maximum absolute atomic E-state index is 14.7. The lowest BCUT2D eigenvalue weighted by Gasteiger charge is -2.40. The Labute approximate surface area is 225 Å². The molecule has 208 valence electrons. The number of nitrogens with zero attached hydrogens (tertiary/aromatic N) is 3. The molecule has 12 nitrogen and oxygen atoms in total. The third-order valence-corrected chi connectivity index (χ3v) is 6.65. The summed E-state index contributed by atoms with van der Waals surface area (Å²) in [7, 11) is 0. The molecule has 0 saturated heterocycles. The van der Waals surface area contributed by atoms with E-state index in [9.17, 15) is 34.6 Å². The van der Waals surface area contributed by atoms with Gasteiger partial charge in [0, 0.05) is 16.8 Å². The van der Waals surface area contributed by atoms with E-state index in [1.807, 2.05) is 0 Å². The average Bonchev–Trinajstić information content (AvgIpc) is 3.11. The van der Waals surface area contributed by atoms with Crippen LogP contribution in [0.1, 0.15) is 51.7 Å². The van der Waals surface area contributed by atoms with Gasteiger partial charge in [0.1, 0.15) is 16.9 Å². The number of anilines is 1. The Hall–Kier alpha value is -4.35. The van der Waals surface area contributed by atoms with Crippen molar-refractivity contribution >= 4 is 23.7 Å². The zero-order valence-corrected chi connectivity index (χ0v) is 22.4. The Morgan fingerprint density at radius 2 is 1.62 bits per heavy atom. The highest BCUT2D eigenvalue weighted by Crippen LogP contribution is 2.56. The van der Waals surface area contributed by atoms with Gasteiger partial charge in [0.05, 0.1) is 18.2 Å². The van der Waals surface area contributed by atoms with E-state index in [0.717, 1.165) is 11.8 Å².